The number of halogens is 6. The molecular formula is C23H25F6N5O6. The number of carbonyl (C=O) groups is 3. The maximum absolute atomic E-state index is 13.0. The molecule has 2 aromatic rings. The zero-order valence-electron chi connectivity index (χ0n) is 20.8. The van der Waals surface area contributed by atoms with Gasteiger partial charge in [-0.25, -0.2) is 19.6 Å². The minimum Gasteiger partial charge on any atom is -0.475 e. The first-order valence-electron chi connectivity index (χ1n) is 11.5. The number of carboxylic acids is 2. The summed E-state index contributed by atoms with van der Waals surface area (Å²) in [6, 6.07) is 5.92. The number of aromatic nitrogens is 3. The molecule has 0 aromatic carbocycles. The molecule has 4 rings (SSSR count). The number of likely N-dealkylation sites (tertiary alicyclic amines) is 2. The van der Waals surface area contributed by atoms with E-state index in [2.05, 4.69) is 19.9 Å². The number of hydrogen-bond donors (Lipinski definition) is 2. The Balaban J connectivity index is 0.000000333. The van der Waals surface area contributed by atoms with Crippen molar-refractivity contribution in [3.05, 3.63) is 54.4 Å². The summed E-state index contributed by atoms with van der Waals surface area (Å²) in [5.74, 6) is -5.20. The van der Waals surface area contributed by atoms with E-state index in [-0.39, 0.29) is 18.1 Å². The molecule has 0 radical (unpaired) electrons. The van der Waals surface area contributed by atoms with Gasteiger partial charge in [-0.2, -0.15) is 26.3 Å². The third-order valence-corrected chi connectivity index (χ3v) is 5.95. The predicted octanol–water partition coefficient (Wildman–Crippen LogP) is 2.50. The minimum absolute atomic E-state index is 0.0114. The second-order valence-electron chi connectivity index (χ2n) is 8.54. The summed E-state index contributed by atoms with van der Waals surface area (Å²) in [5, 5.41) is 14.2. The molecule has 17 heteroatoms. The van der Waals surface area contributed by atoms with Crippen LogP contribution in [0, 0.1) is 5.92 Å². The van der Waals surface area contributed by atoms with E-state index >= 15 is 0 Å². The lowest BCUT2D eigenvalue weighted by atomic mass is 9.88. The Bertz CT molecular complexity index is 1100. The fourth-order valence-electron chi connectivity index (χ4n) is 4.22. The molecule has 2 fully saturated rings. The van der Waals surface area contributed by atoms with Crippen LogP contribution in [-0.4, -0.2) is 104 Å². The van der Waals surface area contributed by atoms with E-state index in [1.165, 1.54) is 11.9 Å². The van der Waals surface area contributed by atoms with E-state index in [1.807, 2.05) is 29.4 Å². The van der Waals surface area contributed by atoms with Gasteiger partial charge in [0, 0.05) is 57.8 Å². The second-order valence-corrected chi connectivity index (χ2v) is 8.54. The first-order valence-corrected chi connectivity index (χ1v) is 11.5. The lowest BCUT2D eigenvalue weighted by Crippen LogP contribution is -2.53. The van der Waals surface area contributed by atoms with Crippen molar-refractivity contribution >= 4 is 17.8 Å². The van der Waals surface area contributed by atoms with Crippen molar-refractivity contribution in [2.45, 2.75) is 37.5 Å². The van der Waals surface area contributed by atoms with Crippen LogP contribution < -0.4 is 0 Å². The van der Waals surface area contributed by atoms with Gasteiger partial charge in [0.1, 0.15) is 12.0 Å². The molecule has 2 saturated heterocycles. The summed E-state index contributed by atoms with van der Waals surface area (Å²) in [5.41, 5.74) is 1.70. The van der Waals surface area contributed by atoms with Gasteiger partial charge in [0.05, 0.1) is 12.1 Å². The molecule has 0 aliphatic carbocycles. The highest BCUT2D eigenvalue weighted by atomic mass is 19.4. The van der Waals surface area contributed by atoms with Gasteiger partial charge in [-0.1, -0.05) is 0 Å². The highest BCUT2D eigenvalue weighted by Gasteiger charge is 2.46. The Kier molecular flexibility index (Phi) is 11.3. The van der Waals surface area contributed by atoms with Crippen molar-refractivity contribution in [1.29, 1.82) is 0 Å². The molecule has 2 aliphatic rings. The van der Waals surface area contributed by atoms with Gasteiger partial charge in [-0.3, -0.25) is 14.7 Å². The Morgan fingerprint density at radius 3 is 1.98 bits per heavy atom. The zero-order chi connectivity index (χ0) is 30.1. The Morgan fingerprint density at radius 2 is 1.50 bits per heavy atom. The van der Waals surface area contributed by atoms with Crippen LogP contribution in [0.25, 0.3) is 0 Å². The van der Waals surface area contributed by atoms with E-state index in [1.54, 1.807) is 19.4 Å². The molecule has 2 aromatic heterocycles. The van der Waals surface area contributed by atoms with Gasteiger partial charge in [0.25, 0.3) is 5.91 Å². The number of carbonyl (C=O) groups excluding carboxylic acids is 1. The molecule has 0 bridgehead atoms. The number of alkyl halides is 6. The monoisotopic (exact) mass is 581 g/mol. The Hall–Kier alpha value is -3.86. The average Bonchev–Trinajstić information content (AvgIpc) is 3.32. The lowest BCUT2D eigenvalue weighted by molar-refractivity contribution is -0.193. The molecule has 4 heterocycles. The third-order valence-electron chi connectivity index (χ3n) is 5.95. The first-order chi connectivity index (χ1) is 18.6. The minimum atomic E-state index is -5.08. The molecule has 3 atom stereocenters. The molecule has 2 aliphatic heterocycles. The number of ether oxygens (including phenoxy) is 1. The van der Waals surface area contributed by atoms with Crippen LogP contribution in [0.1, 0.15) is 22.5 Å². The number of aliphatic carboxylic acids is 2. The maximum Gasteiger partial charge on any atom is 0.490 e. The Morgan fingerprint density at radius 1 is 0.950 bits per heavy atom. The van der Waals surface area contributed by atoms with E-state index in [9.17, 15) is 31.1 Å². The number of rotatable bonds is 4. The topological polar surface area (TPSA) is 146 Å². The largest absolute Gasteiger partial charge is 0.490 e. The lowest BCUT2D eigenvalue weighted by Gasteiger charge is -2.40. The molecule has 0 spiro atoms. The highest BCUT2D eigenvalue weighted by molar-refractivity contribution is 5.92. The van der Waals surface area contributed by atoms with Gasteiger partial charge in [-0.15, -0.1) is 0 Å². The van der Waals surface area contributed by atoms with Crippen molar-refractivity contribution in [2.75, 3.05) is 26.7 Å². The molecule has 220 valence electrons. The molecule has 40 heavy (non-hydrogen) atoms. The number of methoxy groups -OCH3 is 1. The van der Waals surface area contributed by atoms with Crippen molar-refractivity contribution in [2.24, 2.45) is 5.92 Å². The van der Waals surface area contributed by atoms with E-state index in [0.717, 1.165) is 26.1 Å². The molecule has 0 saturated carbocycles. The normalized spacial score (nSPS) is 20.8. The average molecular weight is 581 g/mol. The molecular weight excluding hydrogens is 556 g/mol. The van der Waals surface area contributed by atoms with Crippen LogP contribution in [0.2, 0.25) is 0 Å². The first kappa shape index (κ1) is 32.4. The molecule has 2 N–H and O–H groups in total. The van der Waals surface area contributed by atoms with Gasteiger partial charge in [0.2, 0.25) is 0 Å². The van der Waals surface area contributed by atoms with Crippen LogP contribution in [-0.2, 0) is 20.9 Å². The van der Waals surface area contributed by atoms with Crippen LogP contribution >= 0.6 is 0 Å². The summed E-state index contributed by atoms with van der Waals surface area (Å²) in [7, 11) is 1.77. The summed E-state index contributed by atoms with van der Waals surface area (Å²) < 4.78 is 69.2. The van der Waals surface area contributed by atoms with Crippen molar-refractivity contribution in [3.8, 4) is 0 Å². The van der Waals surface area contributed by atoms with Gasteiger partial charge in [0.15, 0.2) is 0 Å². The number of pyridine rings is 1. The smallest absolute Gasteiger partial charge is 0.475 e. The van der Waals surface area contributed by atoms with E-state index < -0.39 is 24.3 Å². The molecule has 11 nitrogen and oxygen atoms in total. The highest BCUT2D eigenvalue weighted by Crippen LogP contribution is 2.34. The zero-order valence-corrected chi connectivity index (χ0v) is 20.8. The fourth-order valence-corrected chi connectivity index (χ4v) is 4.22. The van der Waals surface area contributed by atoms with Crippen molar-refractivity contribution in [3.63, 3.8) is 0 Å². The third kappa shape index (κ3) is 9.41. The quantitative estimate of drug-likeness (QED) is 0.517. The number of nitrogens with zero attached hydrogens (tertiary/aromatic N) is 5. The summed E-state index contributed by atoms with van der Waals surface area (Å²) in [6.45, 7) is 3.34. The van der Waals surface area contributed by atoms with Gasteiger partial charge in [-0.05, 0) is 30.2 Å². The maximum atomic E-state index is 13.0. The van der Waals surface area contributed by atoms with Crippen molar-refractivity contribution < 1.29 is 55.7 Å². The van der Waals surface area contributed by atoms with Crippen LogP contribution in [0.4, 0.5) is 26.3 Å². The van der Waals surface area contributed by atoms with Crippen LogP contribution in [0.3, 0.4) is 0 Å². The second kappa shape index (κ2) is 14.0. The van der Waals surface area contributed by atoms with Crippen molar-refractivity contribution in [1.82, 2.24) is 24.8 Å². The summed E-state index contributed by atoms with van der Waals surface area (Å²) in [6.07, 6.45) is -2.43. The van der Waals surface area contributed by atoms with Gasteiger partial charge >= 0.3 is 24.3 Å². The number of carboxylic acid groups (broad SMARTS) is 2. The summed E-state index contributed by atoms with van der Waals surface area (Å²) >= 11 is 0. The SMILES string of the molecule is CO[C@@H]1CCN(C(=O)c2ccncn2)[C@@H]2CN(Cc3ccncc3)C[C@@H]21.O=C(O)C(F)(F)F.O=C(O)C(F)(F)F. The summed E-state index contributed by atoms with van der Waals surface area (Å²) in [4.78, 5) is 47.3. The number of hydrogen-bond acceptors (Lipinski definition) is 8. The fraction of sp³-hybridized carbons (Fsp3) is 0.478. The predicted molar refractivity (Wildman–Crippen MR) is 123 cm³/mol. The number of piperidine rings is 1. The van der Waals surface area contributed by atoms with Crippen LogP contribution in [0.15, 0.2) is 43.1 Å². The van der Waals surface area contributed by atoms with Crippen LogP contribution in [0.5, 0.6) is 0 Å². The van der Waals surface area contributed by atoms with E-state index in [0.29, 0.717) is 18.2 Å². The number of fused-ring (bicyclic) bond motifs is 1. The number of amides is 1. The molecule has 1 amide bonds. The standard InChI is InChI=1S/C19H23N5O2.2C2HF3O2/c1-26-18-5-9-24(19(25)16-4-8-21-13-22-16)17-12-23(11-15(17)18)10-14-2-6-20-7-3-14;2*3-2(4,5)1(6)7/h2-4,6-8,13,15,17-18H,5,9-12H2,1H3;2*(H,6,7)/t15-,17+,18+;;/m0../s1. The van der Waals surface area contributed by atoms with Gasteiger partial charge < -0.3 is 19.8 Å². The Labute approximate surface area is 223 Å². The molecule has 0 unspecified atom stereocenters. The van der Waals surface area contributed by atoms with E-state index in [4.69, 9.17) is 24.5 Å².